The van der Waals surface area contributed by atoms with Gasteiger partial charge in [-0.05, 0) is 24.7 Å². The SMILES string of the molecule is C[C@@H]1C(=O)O[C@H]2C[C@]34[C@H]5C[C@@H](C(C)(C)C)[C@@]36[C@@H](OC(=O)[C@H]6O)O[C@@]4(C(=O)O5)[C@]21O. The summed E-state index contributed by atoms with van der Waals surface area (Å²) in [6, 6.07) is 0. The van der Waals surface area contributed by atoms with Gasteiger partial charge in [-0.3, -0.25) is 4.79 Å². The van der Waals surface area contributed by atoms with Crippen molar-refractivity contribution in [2.45, 2.75) is 76.3 Å². The maximum Gasteiger partial charge on any atom is 0.342 e. The Hall–Kier alpha value is -1.71. The zero-order chi connectivity index (χ0) is 20.9. The van der Waals surface area contributed by atoms with Crippen molar-refractivity contribution in [2.24, 2.45) is 28.1 Å². The fraction of sp³-hybridized carbons (Fsp3) is 0.850. The molecule has 2 aliphatic carbocycles. The van der Waals surface area contributed by atoms with Crippen LogP contribution in [0.4, 0.5) is 0 Å². The van der Waals surface area contributed by atoms with E-state index >= 15 is 0 Å². The third-order valence-electron chi connectivity index (χ3n) is 8.97. The zero-order valence-corrected chi connectivity index (χ0v) is 16.6. The molecule has 0 unspecified atom stereocenters. The molecule has 0 amide bonds. The van der Waals surface area contributed by atoms with Crippen LogP contribution in [0.3, 0.4) is 0 Å². The van der Waals surface area contributed by atoms with Crippen molar-refractivity contribution >= 4 is 17.9 Å². The van der Waals surface area contributed by atoms with Gasteiger partial charge in [0.15, 0.2) is 11.7 Å². The number of aliphatic hydroxyl groups excluding tert-OH is 1. The molecule has 2 saturated carbocycles. The summed E-state index contributed by atoms with van der Waals surface area (Å²) in [6.07, 6.45) is -3.96. The number of rotatable bonds is 0. The van der Waals surface area contributed by atoms with Crippen molar-refractivity contribution in [1.82, 2.24) is 0 Å². The van der Waals surface area contributed by atoms with E-state index < -0.39 is 70.5 Å². The molecule has 2 spiro atoms. The Kier molecular flexibility index (Phi) is 2.79. The van der Waals surface area contributed by atoms with Crippen LogP contribution in [0.5, 0.6) is 0 Å². The van der Waals surface area contributed by atoms with Crippen LogP contribution in [0.1, 0.15) is 40.5 Å². The second-order valence-corrected chi connectivity index (χ2v) is 10.6. The molecule has 0 aromatic heterocycles. The molecule has 6 rings (SSSR count). The highest BCUT2D eigenvalue weighted by molar-refractivity contribution is 5.93. The van der Waals surface area contributed by atoms with Gasteiger partial charge in [0.25, 0.3) is 0 Å². The molecule has 4 saturated heterocycles. The van der Waals surface area contributed by atoms with Gasteiger partial charge in [0, 0.05) is 6.42 Å². The minimum atomic E-state index is -1.97. The normalized spacial score (nSPS) is 59.2. The number of esters is 3. The molecule has 29 heavy (non-hydrogen) atoms. The number of carbonyl (C=O) groups is 3. The van der Waals surface area contributed by atoms with Crippen molar-refractivity contribution in [1.29, 1.82) is 0 Å². The van der Waals surface area contributed by atoms with E-state index in [2.05, 4.69) is 0 Å². The molecular weight excluding hydrogens is 384 g/mol. The van der Waals surface area contributed by atoms with Gasteiger partial charge in [-0.2, -0.15) is 0 Å². The largest absolute Gasteiger partial charge is 0.459 e. The van der Waals surface area contributed by atoms with Gasteiger partial charge in [-0.15, -0.1) is 0 Å². The van der Waals surface area contributed by atoms with Gasteiger partial charge < -0.3 is 29.2 Å². The summed E-state index contributed by atoms with van der Waals surface area (Å²) in [4.78, 5) is 38.1. The maximum absolute atomic E-state index is 13.3. The van der Waals surface area contributed by atoms with Crippen LogP contribution < -0.4 is 0 Å². The fourth-order valence-corrected chi connectivity index (χ4v) is 8.06. The number of carbonyl (C=O) groups excluding carboxylic acids is 3. The minimum Gasteiger partial charge on any atom is -0.459 e. The summed E-state index contributed by atoms with van der Waals surface area (Å²) in [7, 11) is 0. The molecule has 9 heteroatoms. The monoisotopic (exact) mass is 408 g/mol. The Labute approximate surface area is 166 Å². The predicted octanol–water partition coefficient (Wildman–Crippen LogP) is -0.340. The van der Waals surface area contributed by atoms with Crippen molar-refractivity contribution < 1.29 is 43.5 Å². The fourth-order valence-electron chi connectivity index (χ4n) is 8.06. The molecule has 158 valence electrons. The lowest BCUT2D eigenvalue weighted by Crippen LogP contribution is -2.66. The van der Waals surface area contributed by atoms with Crippen LogP contribution in [0, 0.1) is 28.1 Å². The van der Waals surface area contributed by atoms with Crippen LogP contribution in [0.15, 0.2) is 0 Å². The third kappa shape index (κ3) is 1.35. The Morgan fingerprint density at radius 2 is 1.72 bits per heavy atom. The lowest BCUT2D eigenvalue weighted by atomic mass is 9.51. The van der Waals surface area contributed by atoms with Gasteiger partial charge in [-0.25, -0.2) is 9.59 Å². The molecule has 6 fully saturated rings. The average Bonchev–Trinajstić information content (AvgIpc) is 3.31. The third-order valence-corrected chi connectivity index (χ3v) is 8.97. The molecule has 4 aliphatic heterocycles. The van der Waals surface area contributed by atoms with Crippen LogP contribution in [-0.2, 0) is 33.3 Å². The highest BCUT2D eigenvalue weighted by atomic mass is 16.8. The summed E-state index contributed by atoms with van der Waals surface area (Å²) in [6.45, 7) is 7.47. The van der Waals surface area contributed by atoms with Gasteiger partial charge in [0.05, 0.1) is 16.7 Å². The smallest absolute Gasteiger partial charge is 0.342 e. The van der Waals surface area contributed by atoms with Crippen LogP contribution in [-0.4, -0.2) is 63.9 Å². The summed E-state index contributed by atoms with van der Waals surface area (Å²) >= 11 is 0. The number of ether oxygens (including phenoxy) is 4. The summed E-state index contributed by atoms with van der Waals surface area (Å²) in [5.41, 5.74) is -6.81. The number of hydrogen-bond acceptors (Lipinski definition) is 9. The van der Waals surface area contributed by atoms with Gasteiger partial charge >= 0.3 is 17.9 Å². The Bertz CT molecular complexity index is 893. The molecule has 0 radical (unpaired) electrons. The first kappa shape index (κ1) is 18.1. The van der Waals surface area contributed by atoms with Gasteiger partial charge in [0.1, 0.15) is 12.2 Å². The highest BCUT2D eigenvalue weighted by Crippen LogP contribution is 2.84. The van der Waals surface area contributed by atoms with Gasteiger partial charge in [-0.1, -0.05) is 20.8 Å². The first-order valence-corrected chi connectivity index (χ1v) is 10.1. The quantitative estimate of drug-likeness (QED) is 0.408. The maximum atomic E-state index is 13.3. The van der Waals surface area contributed by atoms with Crippen LogP contribution in [0.2, 0.25) is 0 Å². The van der Waals surface area contributed by atoms with Gasteiger partial charge in [0.2, 0.25) is 11.9 Å². The van der Waals surface area contributed by atoms with E-state index in [0.29, 0.717) is 6.42 Å². The molecule has 10 atom stereocenters. The van der Waals surface area contributed by atoms with Crippen LogP contribution in [0.25, 0.3) is 0 Å². The van der Waals surface area contributed by atoms with E-state index in [4.69, 9.17) is 18.9 Å². The van der Waals surface area contributed by atoms with E-state index in [9.17, 15) is 24.6 Å². The van der Waals surface area contributed by atoms with Crippen LogP contribution >= 0.6 is 0 Å². The van der Waals surface area contributed by atoms with Crippen molar-refractivity contribution in [3.8, 4) is 0 Å². The first-order chi connectivity index (χ1) is 13.4. The molecule has 9 nitrogen and oxygen atoms in total. The predicted molar refractivity (Wildman–Crippen MR) is 90.6 cm³/mol. The molecular formula is C20H24O9. The molecule has 6 aliphatic rings. The average molecular weight is 408 g/mol. The first-order valence-electron chi connectivity index (χ1n) is 10.1. The van der Waals surface area contributed by atoms with E-state index in [1.165, 1.54) is 6.92 Å². The number of aliphatic hydroxyl groups is 2. The lowest BCUT2D eigenvalue weighted by molar-refractivity contribution is -0.238. The second kappa shape index (κ2) is 4.48. The summed E-state index contributed by atoms with van der Waals surface area (Å²) in [5.74, 6) is -3.52. The highest BCUT2D eigenvalue weighted by Gasteiger charge is 3.01. The van der Waals surface area contributed by atoms with E-state index in [-0.39, 0.29) is 17.8 Å². The standard InChI is InChI=1S/C20H24O9/c1-7-12(22)26-10-6-17-9-5-8(16(2,3)4)18(17)11(21)13(23)28-15(18)29-20(17,14(24)27-9)19(7,10)25/h7-11,15,21,25H,5-6H2,1-4H3/t7-,8+,9-,10+,11-,15+,17+,18-,19-,20-/m1/s1. The zero-order valence-electron chi connectivity index (χ0n) is 16.6. The summed E-state index contributed by atoms with van der Waals surface area (Å²) < 4.78 is 22.9. The molecule has 2 N–H and O–H groups in total. The topological polar surface area (TPSA) is 129 Å². The summed E-state index contributed by atoms with van der Waals surface area (Å²) in [5, 5.41) is 23.0. The Morgan fingerprint density at radius 1 is 1.03 bits per heavy atom. The number of fused-ring (bicyclic) bond motifs is 1. The molecule has 0 aromatic carbocycles. The Balaban J connectivity index is 1.68. The van der Waals surface area contributed by atoms with E-state index in [1.54, 1.807) is 0 Å². The minimum absolute atomic E-state index is 0.0623. The van der Waals surface area contributed by atoms with Crippen molar-refractivity contribution in [3.63, 3.8) is 0 Å². The second-order valence-electron chi connectivity index (χ2n) is 10.6. The molecule has 0 aromatic rings. The Morgan fingerprint density at radius 3 is 2.38 bits per heavy atom. The molecule has 0 bridgehead atoms. The van der Waals surface area contributed by atoms with Crippen molar-refractivity contribution in [2.75, 3.05) is 0 Å². The van der Waals surface area contributed by atoms with Crippen molar-refractivity contribution in [3.05, 3.63) is 0 Å². The van der Waals surface area contributed by atoms with E-state index in [0.717, 1.165) is 0 Å². The number of hydrogen-bond donors (Lipinski definition) is 2. The molecule has 4 heterocycles. The van der Waals surface area contributed by atoms with E-state index in [1.807, 2.05) is 20.8 Å². The lowest BCUT2D eigenvalue weighted by Gasteiger charge is -2.46.